The second kappa shape index (κ2) is 6.17. The van der Waals surface area contributed by atoms with Crippen molar-refractivity contribution >= 4 is 0 Å². The Bertz CT molecular complexity index is 221. The van der Waals surface area contributed by atoms with E-state index in [1.807, 2.05) is 0 Å². The summed E-state index contributed by atoms with van der Waals surface area (Å²) in [5.74, 6) is 0.772. The van der Waals surface area contributed by atoms with Gasteiger partial charge in [-0.1, -0.05) is 6.92 Å². The molecule has 3 heteroatoms. The number of rotatable bonds is 4. The molecule has 2 unspecified atom stereocenters. The van der Waals surface area contributed by atoms with Gasteiger partial charge in [0.05, 0.1) is 5.60 Å². The Balaban J connectivity index is 1.87. The molecule has 0 aromatic heterocycles. The molecule has 0 aromatic rings. The van der Waals surface area contributed by atoms with Gasteiger partial charge in [0.2, 0.25) is 0 Å². The van der Waals surface area contributed by atoms with E-state index in [9.17, 15) is 0 Å². The average Bonchev–Trinajstić information content (AvgIpc) is 2.37. The molecule has 0 saturated carbocycles. The fraction of sp³-hybridized carbons (Fsp3) is 1.00. The van der Waals surface area contributed by atoms with Crippen LogP contribution in [0, 0.1) is 5.92 Å². The lowest BCUT2D eigenvalue weighted by molar-refractivity contribution is -0.149. The highest BCUT2D eigenvalue weighted by molar-refractivity contribution is 4.91. The molecule has 0 bridgehead atoms. The molecule has 2 aliphatic rings. The maximum atomic E-state index is 6.08. The topological polar surface area (TPSA) is 30.5 Å². The van der Waals surface area contributed by atoms with Crippen molar-refractivity contribution in [1.82, 2.24) is 5.32 Å². The summed E-state index contributed by atoms with van der Waals surface area (Å²) >= 11 is 0. The van der Waals surface area contributed by atoms with Gasteiger partial charge in [0.15, 0.2) is 0 Å². The van der Waals surface area contributed by atoms with Crippen molar-refractivity contribution in [2.75, 3.05) is 26.4 Å². The van der Waals surface area contributed by atoms with E-state index in [1.165, 1.54) is 19.3 Å². The molecule has 0 aromatic carbocycles. The van der Waals surface area contributed by atoms with E-state index in [0.717, 1.165) is 45.1 Å². The molecule has 0 aliphatic carbocycles. The average molecular weight is 241 g/mol. The molecule has 2 heterocycles. The SMILES string of the molecule is CCCNC(C)C1CCOC2(CCOCC2)C1. The van der Waals surface area contributed by atoms with Gasteiger partial charge in [0, 0.05) is 25.9 Å². The smallest absolute Gasteiger partial charge is 0.0729 e. The van der Waals surface area contributed by atoms with Gasteiger partial charge in [-0.3, -0.25) is 0 Å². The fourth-order valence-corrected chi connectivity index (χ4v) is 3.12. The number of nitrogens with one attached hydrogen (secondary N) is 1. The highest BCUT2D eigenvalue weighted by atomic mass is 16.5. The van der Waals surface area contributed by atoms with Crippen LogP contribution in [0.3, 0.4) is 0 Å². The summed E-state index contributed by atoms with van der Waals surface area (Å²) in [6, 6.07) is 0.624. The second-order valence-corrected chi connectivity index (χ2v) is 5.64. The standard InChI is InChI=1S/C14H27NO2/c1-3-7-15-12(2)13-4-8-17-14(11-13)5-9-16-10-6-14/h12-13,15H,3-11H2,1-2H3. The van der Waals surface area contributed by atoms with Crippen molar-refractivity contribution in [2.45, 2.75) is 57.6 Å². The third kappa shape index (κ3) is 3.43. The molecule has 2 aliphatic heterocycles. The summed E-state index contributed by atoms with van der Waals surface area (Å²) in [4.78, 5) is 0. The summed E-state index contributed by atoms with van der Waals surface area (Å²) in [6.45, 7) is 8.38. The molecule has 100 valence electrons. The zero-order valence-corrected chi connectivity index (χ0v) is 11.3. The lowest BCUT2D eigenvalue weighted by atomic mass is 9.78. The van der Waals surface area contributed by atoms with Gasteiger partial charge in [-0.2, -0.15) is 0 Å². The highest BCUT2D eigenvalue weighted by Crippen LogP contribution is 2.38. The maximum Gasteiger partial charge on any atom is 0.0729 e. The van der Waals surface area contributed by atoms with Crippen LogP contribution in [0.5, 0.6) is 0 Å². The fourth-order valence-electron chi connectivity index (χ4n) is 3.12. The molecule has 17 heavy (non-hydrogen) atoms. The van der Waals surface area contributed by atoms with Crippen LogP contribution in [-0.2, 0) is 9.47 Å². The van der Waals surface area contributed by atoms with Gasteiger partial charge in [-0.25, -0.2) is 0 Å². The molecule has 0 radical (unpaired) electrons. The van der Waals surface area contributed by atoms with E-state index >= 15 is 0 Å². The molecular weight excluding hydrogens is 214 g/mol. The van der Waals surface area contributed by atoms with Crippen LogP contribution in [0.2, 0.25) is 0 Å². The van der Waals surface area contributed by atoms with Gasteiger partial charge in [-0.15, -0.1) is 0 Å². The van der Waals surface area contributed by atoms with Crippen molar-refractivity contribution in [1.29, 1.82) is 0 Å². The summed E-state index contributed by atoms with van der Waals surface area (Å²) in [5.41, 5.74) is 0.142. The molecule has 2 saturated heterocycles. The Morgan fingerprint density at radius 1 is 1.29 bits per heavy atom. The summed E-state index contributed by atoms with van der Waals surface area (Å²) in [5, 5.41) is 3.64. The van der Waals surface area contributed by atoms with E-state index in [1.54, 1.807) is 0 Å². The molecule has 3 nitrogen and oxygen atoms in total. The predicted molar refractivity (Wildman–Crippen MR) is 69.2 cm³/mol. The van der Waals surface area contributed by atoms with Gasteiger partial charge >= 0.3 is 0 Å². The van der Waals surface area contributed by atoms with E-state index in [-0.39, 0.29) is 5.60 Å². The van der Waals surface area contributed by atoms with Crippen molar-refractivity contribution < 1.29 is 9.47 Å². The minimum atomic E-state index is 0.142. The monoisotopic (exact) mass is 241 g/mol. The van der Waals surface area contributed by atoms with Crippen molar-refractivity contribution in [3.05, 3.63) is 0 Å². The molecule has 1 spiro atoms. The largest absolute Gasteiger partial charge is 0.381 e. The van der Waals surface area contributed by atoms with Crippen molar-refractivity contribution in [3.8, 4) is 0 Å². The first-order valence-electron chi connectivity index (χ1n) is 7.21. The quantitative estimate of drug-likeness (QED) is 0.819. The third-order valence-corrected chi connectivity index (χ3v) is 4.36. The lowest BCUT2D eigenvalue weighted by Gasteiger charge is -2.45. The molecule has 1 N–H and O–H groups in total. The van der Waals surface area contributed by atoms with E-state index in [2.05, 4.69) is 19.2 Å². The first-order chi connectivity index (χ1) is 8.26. The van der Waals surface area contributed by atoms with Crippen LogP contribution in [0.25, 0.3) is 0 Å². The van der Waals surface area contributed by atoms with Crippen LogP contribution in [0.1, 0.15) is 46.0 Å². The predicted octanol–water partition coefficient (Wildman–Crippen LogP) is 2.35. The first-order valence-corrected chi connectivity index (χ1v) is 7.21. The van der Waals surface area contributed by atoms with Crippen LogP contribution in [-0.4, -0.2) is 38.0 Å². The molecule has 2 atom stereocenters. The van der Waals surface area contributed by atoms with Crippen LogP contribution >= 0.6 is 0 Å². The van der Waals surface area contributed by atoms with E-state index in [0.29, 0.717) is 6.04 Å². The summed E-state index contributed by atoms with van der Waals surface area (Å²) in [6.07, 6.45) is 5.81. The molecule has 2 fully saturated rings. The molecule has 0 amide bonds. The van der Waals surface area contributed by atoms with Gasteiger partial charge in [0.1, 0.15) is 0 Å². The van der Waals surface area contributed by atoms with Gasteiger partial charge in [0.25, 0.3) is 0 Å². The van der Waals surface area contributed by atoms with Crippen LogP contribution < -0.4 is 5.32 Å². The number of ether oxygens (including phenoxy) is 2. The number of hydrogen-bond acceptors (Lipinski definition) is 3. The minimum absolute atomic E-state index is 0.142. The van der Waals surface area contributed by atoms with Crippen molar-refractivity contribution in [3.63, 3.8) is 0 Å². The Kier molecular flexibility index (Phi) is 4.83. The maximum absolute atomic E-state index is 6.08. The van der Waals surface area contributed by atoms with Crippen LogP contribution in [0.4, 0.5) is 0 Å². The zero-order valence-electron chi connectivity index (χ0n) is 11.3. The molecular formula is C14H27NO2. The Labute approximate surface area is 105 Å². The number of hydrogen-bond donors (Lipinski definition) is 1. The van der Waals surface area contributed by atoms with E-state index < -0.39 is 0 Å². The normalized spacial score (nSPS) is 30.4. The highest BCUT2D eigenvalue weighted by Gasteiger charge is 2.40. The lowest BCUT2D eigenvalue weighted by Crippen LogP contribution is -2.48. The molecule has 2 rings (SSSR count). The first kappa shape index (κ1) is 13.3. The zero-order chi connectivity index (χ0) is 12.1. The van der Waals surface area contributed by atoms with Gasteiger partial charge in [-0.05, 0) is 51.5 Å². The Morgan fingerprint density at radius 3 is 2.76 bits per heavy atom. The second-order valence-electron chi connectivity index (χ2n) is 5.64. The summed E-state index contributed by atoms with van der Waals surface area (Å²) < 4.78 is 11.5. The third-order valence-electron chi connectivity index (χ3n) is 4.36. The van der Waals surface area contributed by atoms with Crippen molar-refractivity contribution in [2.24, 2.45) is 5.92 Å². The van der Waals surface area contributed by atoms with E-state index in [4.69, 9.17) is 9.47 Å². The Hall–Kier alpha value is -0.120. The Morgan fingerprint density at radius 2 is 2.06 bits per heavy atom. The van der Waals surface area contributed by atoms with Crippen LogP contribution in [0.15, 0.2) is 0 Å². The minimum Gasteiger partial charge on any atom is -0.381 e. The van der Waals surface area contributed by atoms with Gasteiger partial charge < -0.3 is 14.8 Å². The summed E-state index contributed by atoms with van der Waals surface area (Å²) in [7, 11) is 0.